The molecule has 0 amide bonds. The molecule has 0 saturated heterocycles. The van der Waals surface area contributed by atoms with Crippen LogP contribution in [0, 0.1) is 0 Å². The lowest BCUT2D eigenvalue weighted by molar-refractivity contribution is 0.664. The minimum Gasteiger partial charge on any atom is -0.369 e. The van der Waals surface area contributed by atoms with Crippen molar-refractivity contribution in [3.05, 3.63) is 10.8 Å². The first-order valence-corrected chi connectivity index (χ1v) is 6.48. The highest BCUT2D eigenvalue weighted by Crippen LogP contribution is 2.33. The van der Waals surface area contributed by atoms with E-state index >= 15 is 0 Å². The number of hydrogen-bond donors (Lipinski definition) is 1. The number of aryl methyl sites for hydroxylation is 1. The smallest absolute Gasteiger partial charge is 0.215 e. The van der Waals surface area contributed by atoms with Crippen molar-refractivity contribution in [2.75, 3.05) is 11.9 Å². The van der Waals surface area contributed by atoms with Crippen molar-refractivity contribution in [1.29, 1.82) is 0 Å². The van der Waals surface area contributed by atoms with E-state index < -0.39 is 0 Å². The Kier molecular flexibility index (Phi) is 3.89. The lowest BCUT2D eigenvalue weighted by Crippen LogP contribution is -2.02. The topological polar surface area (TPSA) is 81.4 Å². The van der Waals surface area contributed by atoms with Gasteiger partial charge in [-0.15, -0.1) is 5.10 Å². The predicted molar refractivity (Wildman–Crippen MR) is 66.8 cm³/mol. The van der Waals surface area contributed by atoms with E-state index in [-0.39, 0.29) is 0 Å². The van der Waals surface area contributed by atoms with Gasteiger partial charge in [0.2, 0.25) is 5.16 Å². The highest BCUT2D eigenvalue weighted by atomic mass is 79.9. The maximum Gasteiger partial charge on any atom is 0.215 e. The van der Waals surface area contributed by atoms with Crippen molar-refractivity contribution in [1.82, 2.24) is 30.2 Å². The van der Waals surface area contributed by atoms with E-state index in [2.05, 4.69) is 46.7 Å². The maximum atomic E-state index is 4.19. The maximum absolute atomic E-state index is 4.19. The largest absolute Gasteiger partial charge is 0.369 e. The number of tetrazole rings is 1. The van der Waals surface area contributed by atoms with Crippen LogP contribution in [0.2, 0.25) is 0 Å². The number of halogens is 1. The second-order valence-electron chi connectivity index (χ2n) is 3.06. The second kappa shape index (κ2) is 5.41. The number of nitrogens with one attached hydrogen (secondary N) is 1. The van der Waals surface area contributed by atoms with E-state index in [1.165, 1.54) is 18.1 Å². The average molecular weight is 316 g/mol. The van der Waals surface area contributed by atoms with Crippen LogP contribution < -0.4 is 5.32 Å². The molecule has 7 nitrogen and oxygen atoms in total. The molecule has 0 fully saturated rings. The Morgan fingerprint density at radius 2 is 2.29 bits per heavy atom. The van der Waals surface area contributed by atoms with Crippen LogP contribution in [0.15, 0.2) is 21.0 Å². The SMILES string of the molecule is CCNc1ncnc(Sc2nnnn2C)c1Br. The fourth-order valence-electron chi connectivity index (χ4n) is 1.11. The van der Waals surface area contributed by atoms with Crippen LogP contribution in [-0.4, -0.2) is 36.7 Å². The molecule has 0 unspecified atom stereocenters. The third kappa shape index (κ3) is 2.72. The number of nitrogens with zero attached hydrogens (tertiary/aromatic N) is 6. The van der Waals surface area contributed by atoms with Crippen molar-refractivity contribution < 1.29 is 0 Å². The molecular formula is C8H10BrN7S. The number of hydrogen-bond acceptors (Lipinski definition) is 7. The van der Waals surface area contributed by atoms with Crippen molar-refractivity contribution in [3.8, 4) is 0 Å². The highest BCUT2D eigenvalue weighted by molar-refractivity contribution is 9.10. The molecule has 0 aliphatic rings. The van der Waals surface area contributed by atoms with E-state index in [1.54, 1.807) is 11.7 Å². The summed E-state index contributed by atoms with van der Waals surface area (Å²) in [4.78, 5) is 8.33. The standard InChI is InChI=1S/C8H10BrN7S/c1-3-10-6-5(9)7(12-4-11-6)17-8-13-14-15-16(8)2/h4H,3H2,1-2H3,(H,10,11,12). The summed E-state index contributed by atoms with van der Waals surface area (Å²) < 4.78 is 2.40. The summed E-state index contributed by atoms with van der Waals surface area (Å²) in [7, 11) is 1.78. The van der Waals surface area contributed by atoms with Gasteiger partial charge in [-0.1, -0.05) is 0 Å². The Balaban J connectivity index is 2.27. The van der Waals surface area contributed by atoms with Crippen molar-refractivity contribution in [2.45, 2.75) is 17.1 Å². The zero-order valence-corrected chi connectivity index (χ0v) is 11.7. The van der Waals surface area contributed by atoms with Gasteiger partial charge in [0.05, 0.1) is 4.47 Å². The van der Waals surface area contributed by atoms with Crippen LogP contribution in [0.5, 0.6) is 0 Å². The van der Waals surface area contributed by atoms with Gasteiger partial charge in [-0.25, -0.2) is 14.6 Å². The van der Waals surface area contributed by atoms with Crippen LogP contribution >= 0.6 is 27.7 Å². The van der Waals surface area contributed by atoms with E-state index in [0.29, 0.717) is 5.16 Å². The molecule has 0 radical (unpaired) electrons. The highest BCUT2D eigenvalue weighted by Gasteiger charge is 2.12. The fraction of sp³-hybridized carbons (Fsp3) is 0.375. The summed E-state index contributed by atoms with van der Waals surface area (Å²) in [6.45, 7) is 2.80. The van der Waals surface area contributed by atoms with Gasteiger partial charge in [-0.05, 0) is 45.0 Å². The first-order chi connectivity index (χ1) is 8.22. The van der Waals surface area contributed by atoms with Crippen LogP contribution in [0.3, 0.4) is 0 Å². The number of anilines is 1. The first-order valence-electron chi connectivity index (χ1n) is 4.87. The zero-order valence-electron chi connectivity index (χ0n) is 9.25. The van der Waals surface area contributed by atoms with Gasteiger partial charge in [-0.2, -0.15) is 0 Å². The Hall–Kier alpha value is -1.22. The number of rotatable bonds is 4. The lowest BCUT2D eigenvalue weighted by atomic mass is 10.5. The molecule has 0 saturated carbocycles. The van der Waals surface area contributed by atoms with E-state index in [1.807, 2.05) is 6.92 Å². The summed E-state index contributed by atoms with van der Waals surface area (Å²) >= 11 is 4.84. The van der Waals surface area contributed by atoms with Crippen molar-refractivity contribution in [2.24, 2.45) is 7.05 Å². The molecule has 90 valence electrons. The zero-order chi connectivity index (χ0) is 12.3. The van der Waals surface area contributed by atoms with Crippen LogP contribution in [0.1, 0.15) is 6.92 Å². The Morgan fingerprint density at radius 3 is 2.94 bits per heavy atom. The minimum absolute atomic E-state index is 0.673. The van der Waals surface area contributed by atoms with Gasteiger partial charge in [0.25, 0.3) is 0 Å². The summed E-state index contributed by atoms with van der Waals surface area (Å²) in [5.41, 5.74) is 0. The summed E-state index contributed by atoms with van der Waals surface area (Å²) in [5, 5.41) is 15.8. The van der Waals surface area contributed by atoms with Gasteiger partial charge < -0.3 is 5.32 Å². The Bertz CT molecular complexity index is 514. The summed E-state index contributed by atoms with van der Waals surface area (Å²) in [5.74, 6) is 0.764. The van der Waals surface area contributed by atoms with Crippen LogP contribution in [0.25, 0.3) is 0 Å². The quantitative estimate of drug-likeness (QED) is 0.853. The third-order valence-electron chi connectivity index (χ3n) is 1.87. The van der Waals surface area contributed by atoms with Gasteiger partial charge in [-0.3, -0.25) is 0 Å². The molecule has 17 heavy (non-hydrogen) atoms. The summed E-state index contributed by atoms with van der Waals surface area (Å²) in [6, 6.07) is 0. The van der Waals surface area contributed by atoms with E-state index in [9.17, 15) is 0 Å². The van der Waals surface area contributed by atoms with E-state index in [4.69, 9.17) is 0 Å². The monoisotopic (exact) mass is 315 g/mol. The van der Waals surface area contributed by atoms with Crippen molar-refractivity contribution in [3.63, 3.8) is 0 Å². The van der Waals surface area contributed by atoms with Gasteiger partial charge >= 0.3 is 0 Å². The molecule has 0 aliphatic heterocycles. The molecule has 9 heteroatoms. The van der Waals surface area contributed by atoms with Crippen LogP contribution in [-0.2, 0) is 7.05 Å². The molecular weight excluding hydrogens is 306 g/mol. The number of aromatic nitrogens is 6. The summed E-state index contributed by atoms with van der Waals surface area (Å²) in [6.07, 6.45) is 1.51. The predicted octanol–water partition coefficient (Wildman–Crippen LogP) is 1.35. The first kappa shape index (κ1) is 12.2. The molecule has 2 rings (SSSR count). The molecule has 1 N–H and O–H groups in total. The minimum atomic E-state index is 0.673. The third-order valence-corrected chi connectivity index (χ3v) is 3.92. The normalized spacial score (nSPS) is 10.5. The fourth-order valence-corrected chi connectivity index (χ4v) is 2.40. The molecule has 0 spiro atoms. The van der Waals surface area contributed by atoms with Crippen LogP contribution in [0.4, 0.5) is 5.82 Å². The van der Waals surface area contributed by atoms with Gasteiger partial charge in [0.15, 0.2) is 0 Å². The molecule has 0 aliphatic carbocycles. The molecule has 0 atom stereocenters. The van der Waals surface area contributed by atoms with Gasteiger partial charge in [0, 0.05) is 13.6 Å². The second-order valence-corrected chi connectivity index (χ2v) is 4.81. The Morgan fingerprint density at radius 1 is 1.47 bits per heavy atom. The molecule has 0 aromatic carbocycles. The van der Waals surface area contributed by atoms with Crippen molar-refractivity contribution >= 4 is 33.5 Å². The Labute approximate surface area is 111 Å². The average Bonchev–Trinajstić information content (AvgIpc) is 2.70. The molecule has 2 aromatic rings. The van der Waals surface area contributed by atoms with Gasteiger partial charge in [0.1, 0.15) is 17.2 Å². The lowest BCUT2D eigenvalue weighted by Gasteiger charge is -2.07. The molecule has 0 bridgehead atoms. The molecule has 2 heterocycles. The van der Waals surface area contributed by atoms with E-state index in [0.717, 1.165) is 21.9 Å². The molecule has 2 aromatic heterocycles.